The van der Waals surface area contributed by atoms with Crippen LogP contribution in [0.3, 0.4) is 0 Å². The van der Waals surface area contributed by atoms with Gasteiger partial charge in [-0.2, -0.15) is 18.4 Å². The molecule has 96 valence electrons. The monoisotopic (exact) mass is 251 g/mol. The summed E-state index contributed by atoms with van der Waals surface area (Å²) >= 11 is 0. The summed E-state index contributed by atoms with van der Waals surface area (Å²) in [5, 5.41) is 8.59. The standard InChI is InChI=1S/C9H12F3N3O2/c1-8(14,9(10,11)12)7(16)15-2-3-17-6(4-13)5-15/h6H,2-3,5,14H2,1H3. The summed E-state index contributed by atoms with van der Waals surface area (Å²) in [7, 11) is 0. The Labute approximate surface area is 95.9 Å². The molecule has 0 aromatic heterocycles. The molecule has 1 heterocycles. The molecule has 2 unspecified atom stereocenters. The van der Waals surface area contributed by atoms with Gasteiger partial charge < -0.3 is 15.4 Å². The SMILES string of the molecule is CC(N)(C(=O)N1CCOC(C#N)C1)C(F)(F)F. The van der Waals surface area contributed by atoms with E-state index in [0.29, 0.717) is 6.92 Å². The number of nitrogens with two attached hydrogens (primary N) is 1. The van der Waals surface area contributed by atoms with Gasteiger partial charge in [-0.3, -0.25) is 4.79 Å². The molecule has 0 aliphatic carbocycles. The van der Waals surface area contributed by atoms with E-state index in [-0.39, 0.29) is 19.7 Å². The van der Waals surface area contributed by atoms with Gasteiger partial charge in [0, 0.05) is 6.54 Å². The second-order valence-corrected chi connectivity index (χ2v) is 3.94. The molecule has 8 heteroatoms. The fourth-order valence-corrected chi connectivity index (χ4v) is 1.36. The molecule has 1 rings (SSSR count). The lowest BCUT2D eigenvalue weighted by atomic mass is 10.0. The van der Waals surface area contributed by atoms with E-state index in [2.05, 4.69) is 0 Å². The normalized spacial score (nSPS) is 24.9. The number of halogens is 3. The second-order valence-electron chi connectivity index (χ2n) is 3.94. The van der Waals surface area contributed by atoms with Crippen molar-refractivity contribution in [2.24, 2.45) is 5.73 Å². The van der Waals surface area contributed by atoms with Gasteiger partial charge in [-0.25, -0.2) is 0 Å². The Bertz CT molecular complexity index is 348. The minimum atomic E-state index is -4.83. The minimum Gasteiger partial charge on any atom is -0.360 e. The van der Waals surface area contributed by atoms with Crippen molar-refractivity contribution in [2.75, 3.05) is 19.7 Å². The highest BCUT2D eigenvalue weighted by atomic mass is 19.4. The van der Waals surface area contributed by atoms with Crippen LogP contribution in [0.2, 0.25) is 0 Å². The summed E-state index contributed by atoms with van der Waals surface area (Å²) in [6, 6.07) is 1.74. The second kappa shape index (κ2) is 4.50. The molecule has 5 nitrogen and oxygen atoms in total. The Hall–Kier alpha value is -1.33. The number of rotatable bonds is 1. The van der Waals surface area contributed by atoms with E-state index in [4.69, 9.17) is 15.7 Å². The molecule has 1 aliphatic rings. The zero-order valence-electron chi connectivity index (χ0n) is 9.12. The average Bonchev–Trinajstić information content (AvgIpc) is 2.26. The fraction of sp³-hybridized carbons (Fsp3) is 0.778. The number of amides is 1. The van der Waals surface area contributed by atoms with E-state index in [0.717, 1.165) is 4.90 Å². The number of hydrogen-bond donors (Lipinski definition) is 1. The van der Waals surface area contributed by atoms with Crippen LogP contribution in [0.15, 0.2) is 0 Å². The van der Waals surface area contributed by atoms with Crippen molar-refractivity contribution in [1.82, 2.24) is 4.90 Å². The summed E-state index contributed by atoms with van der Waals surface area (Å²) in [5.41, 5.74) is 2.07. The van der Waals surface area contributed by atoms with Crippen LogP contribution in [0.5, 0.6) is 0 Å². The van der Waals surface area contributed by atoms with Crippen LogP contribution in [0, 0.1) is 11.3 Å². The average molecular weight is 251 g/mol. The number of morpholine rings is 1. The first-order chi connectivity index (χ1) is 7.70. The van der Waals surface area contributed by atoms with Crippen molar-refractivity contribution in [3.63, 3.8) is 0 Å². The van der Waals surface area contributed by atoms with Gasteiger partial charge in [-0.05, 0) is 6.92 Å². The molecule has 0 saturated carbocycles. The quantitative estimate of drug-likeness (QED) is 0.712. The van der Waals surface area contributed by atoms with Crippen molar-refractivity contribution in [3.8, 4) is 6.07 Å². The molecule has 2 N–H and O–H groups in total. The molecule has 0 aromatic carbocycles. The van der Waals surface area contributed by atoms with E-state index < -0.39 is 23.7 Å². The van der Waals surface area contributed by atoms with Gasteiger partial charge in [0.15, 0.2) is 11.6 Å². The van der Waals surface area contributed by atoms with Gasteiger partial charge in [0.2, 0.25) is 0 Å². The number of nitrogens with zero attached hydrogens (tertiary/aromatic N) is 2. The number of carbonyl (C=O) groups excluding carboxylic acids is 1. The maximum absolute atomic E-state index is 12.5. The lowest BCUT2D eigenvalue weighted by Crippen LogP contribution is -2.64. The summed E-state index contributed by atoms with van der Waals surface area (Å²) in [6.45, 7) is 0.447. The van der Waals surface area contributed by atoms with Crippen LogP contribution in [0.25, 0.3) is 0 Å². The van der Waals surface area contributed by atoms with Crippen LogP contribution in [-0.4, -0.2) is 48.3 Å². The first-order valence-corrected chi connectivity index (χ1v) is 4.86. The zero-order chi connectivity index (χ0) is 13.3. The van der Waals surface area contributed by atoms with E-state index in [1.807, 2.05) is 0 Å². The van der Waals surface area contributed by atoms with Crippen molar-refractivity contribution in [1.29, 1.82) is 5.26 Å². The molecule has 0 spiro atoms. The number of nitriles is 1. The molecule has 0 bridgehead atoms. The third kappa shape index (κ3) is 2.68. The van der Waals surface area contributed by atoms with Gasteiger partial charge in [0.05, 0.1) is 19.2 Å². The molecule has 0 radical (unpaired) electrons. The summed E-state index contributed by atoms with van der Waals surface area (Å²) in [5.74, 6) is -1.24. The maximum atomic E-state index is 12.5. The largest absolute Gasteiger partial charge is 0.415 e. The summed E-state index contributed by atoms with van der Waals surface area (Å²) in [6.07, 6.45) is -5.73. The Morgan fingerprint density at radius 2 is 2.18 bits per heavy atom. The number of carbonyl (C=O) groups is 1. The van der Waals surface area contributed by atoms with E-state index in [9.17, 15) is 18.0 Å². The molecular formula is C9H12F3N3O2. The highest BCUT2D eigenvalue weighted by Crippen LogP contribution is 2.29. The number of hydrogen-bond acceptors (Lipinski definition) is 4. The van der Waals surface area contributed by atoms with Gasteiger partial charge in [0.1, 0.15) is 0 Å². The predicted molar refractivity (Wildman–Crippen MR) is 50.6 cm³/mol. The minimum absolute atomic E-state index is 0.000116. The Kier molecular flexibility index (Phi) is 3.64. The predicted octanol–water partition coefficient (Wildman–Crippen LogP) is 0.0171. The molecule has 1 saturated heterocycles. The van der Waals surface area contributed by atoms with E-state index in [1.165, 1.54) is 0 Å². The van der Waals surface area contributed by atoms with Crippen LogP contribution < -0.4 is 5.73 Å². The maximum Gasteiger partial charge on any atom is 0.415 e. The molecule has 1 amide bonds. The Morgan fingerprint density at radius 1 is 1.59 bits per heavy atom. The Balaban J connectivity index is 2.80. The van der Waals surface area contributed by atoms with Crippen LogP contribution in [0.4, 0.5) is 13.2 Å². The molecule has 1 fully saturated rings. The third-order valence-electron chi connectivity index (χ3n) is 2.53. The first kappa shape index (κ1) is 13.7. The van der Waals surface area contributed by atoms with Gasteiger partial charge in [-0.1, -0.05) is 0 Å². The van der Waals surface area contributed by atoms with Crippen LogP contribution in [0.1, 0.15) is 6.92 Å². The van der Waals surface area contributed by atoms with Crippen LogP contribution in [-0.2, 0) is 9.53 Å². The molecule has 0 aromatic rings. The van der Waals surface area contributed by atoms with E-state index >= 15 is 0 Å². The molecule has 2 atom stereocenters. The lowest BCUT2D eigenvalue weighted by Gasteiger charge is -2.36. The van der Waals surface area contributed by atoms with Crippen molar-refractivity contribution in [3.05, 3.63) is 0 Å². The van der Waals surface area contributed by atoms with Gasteiger partial charge in [0.25, 0.3) is 5.91 Å². The highest BCUT2D eigenvalue weighted by molar-refractivity contribution is 5.86. The van der Waals surface area contributed by atoms with Crippen LogP contribution >= 0.6 is 0 Å². The fourth-order valence-electron chi connectivity index (χ4n) is 1.36. The zero-order valence-corrected chi connectivity index (χ0v) is 9.12. The smallest absolute Gasteiger partial charge is 0.360 e. The molecule has 17 heavy (non-hydrogen) atoms. The number of alkyl halides is 3. The van der Waals surface area contributed by atoms with Crippen molar-refractivity contribution >= 4 is 5.91 Å². The Morgan fingerprint density at radius 3 is 2.65 bits per heavy atom. The molecule has 1 aliphatic heterocycles. The summed E-state index contributed by atoms with van der Waals surface area (Å²) in [4.78, 5) is 12.6. The topological polar surface area (TPSA) is 79.3 Å². The van der Waals surface area contributed by atoms with Crippen molar-refractivity contribution < 1.29 is 22.7 Å². The summed E-state index contributed by atoms with van der Waals surface area (Å²) < 4.78 is 42.6. The van der Waals surface area contributed by atoms with Gasteiger partial charge >= 0.3 is 6.18 Å². The third-order valence-corrected chi connectivity index (χ3v) is 2.53. The lowest BCUT2D eigenvalue weighted by molar-refractivity contribution is -0.196. The van der Waals surface area contributed by atoms with Crippen molar-refractivity contribution in [2.45, 2.75) is 24.7 Å². The van der Waals surface area contributed by atoms with Gasteiger partial charge in [-0.15, -0.1) is 0 Å². The van der Waals surface area contributed by atoms with E-state index in [1.54, 1.807) is 6.07 Å². The first-order valence-electron chi connectivity index (χ1n) is 4.86. The highest BCUT2D eigenvalue weighted by Gasteiger charge is 2.55. The molecular weight excluding hydrogens is 239 g/mol. The number of ether oxygens (including phenoxy) is 1.